The first-order valence-electron chi connectivity index (χ1n) is 8.85. The minimum absolute atomic E-state index is 0.106. The minimum atomic E-state index is -0.106. The average molecular weight is 336 g/mol. The van der Waals surface area contributed by atoms with Crippen molar-refractivity contribution in [1.29, 1.82) is 0 Å². The molecule has 2 aliphatic rings. The number of nitrogens with one attached hydrogen (secondary N) is 1. The van der Waals surface area contributed by atoms with Crippen LogP contribution < -0.4 is 5.32 Å². The third-order valence-corrected chi connectivity index (χ3v) is 5.69. The van der Waals surface area contributed by atoms with Crippen LogP contribution in [0.3, 0.4) is 0 Å². The van der Waals surface area contributed by atoms with Gasteiger partial charge in [-0.2, -0.15) is 0 Å². The molecule has 1 aliphatic heterocycles. The summed E-state index contributed by atoms with van der Waals surface area (Å²) in [7, 11) is 0. The van der Waals surface area contributed by atoms with E-state index in [4.69, 9.17) is 11.6 Å². The molecule has 0 bridgehead atoms. The summed E-state index contributed by atoms with van der Waals surface area (Å²) in [4.78, 5) is 19.1. The monoisotopic (exact) mass is 335 g/mol. The van der Waals surface area contributed by atoms with Crippen molar-refractivity contribution in [3.63, 3.8) is 0 Å². The first-order valence-corrected chi connectivity index (χ1v) is 9.23. The second kappa shape index (κ2) is 7.63. The van der Waals surface area contributed by atoms with Gasteiger partial charge in [0.05, 0.1) is 5.56 Å². The van der Waals surface area contributed by atoms with Crippen LogP contribution in [0.25, 0.3) is 0 Å². The van der Waals surface area contributed by atoms with Gasteiger partial charge >= 0.3 is 0 Å². The Kier molecular flexibility index (Phi) is 5.54. The SMILES string of the molecule is O=C(NCC1(N2CCCCC2)CCCCC1)c1cccnc1Cl. The predicted octanol–water partition coefficient (Wildman–Crippen LogP) is 3.65. The number of halogens is 1. The fourth-order valence-electron chi connectivity index (χ4n) is 4.08. The van der Waals surface area contributed by atoms with Gasteiger partial charge in [0.1, 0.15) is 5.15 Å². The standard InChI is InChI=1S/C18H26ClN3O/c19-16-15(8-7-11-20-16)17(23)21-14-18(9-3-1-4-10-18)22-12-5-2-6-13-22/h7-8,11H,1-6,9-10,12-14H2,(H,21,23). The van der Waals surface area contributed by atoms with Crippen molar-refractivity contribution in [3.8, 4) is 0 Å². The van der Waals surface area contributed by atoms with Crippen LogP contribution in [-0.4, -0.2) is 41.0 Å². The fourth-order valence-corrected chi connectivity index (χ4v) is 4.28. The van der Waals surface area contributed by atoms with Gasteiger partial charge in [-0.05, 0) is 50.9 Å². The van der Waals surface area contributed by atoms with Crippen LogP contribution in [0.5, 0.6) is 0 Å². The molecule has 0 atom stereocenters. The largest absolute Gasteiger partial charge is 0.350 e. The lowest BCUT2D eigenvalue weighted by Gasteiger charge is -2.48. The lowest BCUT2D eigenvalue weighted by atomic mass is 9.79. The highest BCUT2D eigenvalue weighted by atomic mass is 35.5. The maximum Gasteiger partial charge on any atom is 0.254 e. The molecule has 1 aliphatic carbocycles. The van der Waals surface area contributed by atoms with E-state index in [1.807, 2.05) is 0 Å². The molecule has 0 unspecified atom stereocenters. The number of hydrogen-bond donors (Lipinski definition) is 1. The zero-order valence-corrected chi connectivity index (χ0v) is 14.4. The summed E-state index contributed by atoms with van der Waals surface area (Å²) in [6.45, 7) is 3.06. The van der Waals surface area contributed by atoms with Crippen molar-refractivity contribution in [2.75, 3.05) is 19.6 Å². The minimum Gasteiger partial charge on any atom is -0.350 e. The first kappa shape index (κ1) is 16.7. The second-order valence-corrected chi connectivity index (χ2v) is 7.22. The predicted molar refractivity (Wildman–Crippen MR) is 92.8 cm³/mol. The zero-order chi connectivity index (χ0) is 16.1. The number of aromatic nitrogens is 1. The van der Waals surface area contributed by atoms with Crippen molar-refractivity contribution < 1.29 is 4.79 Å². The van der Waals surface area contributed by atoms with Crippen LogP contribution in [-0.2, 0) is 0 Å². The normalized spacial score (nSPS) is 21.8. The van der Waals surface area contributed by atoms with Crippen LogP contribution >= 0.6 is 11.6 Å². The molecular formula is C18H26ClN3O. The van der Waals surface area contributed by atoms with Crippen LogP contribution in [0, 0.1) is 0 Å². The second-order valence-electron chi connectivity index (χ2n) is 6.86. The quantitative estimate of drug-likeness (QED) is 0.854. The molecule has 1 aromatic rings. The highest BCUT2D eigenvalue weighted by Crippen LogP contribution is 2.35. The van der Waals surface area contributed by atoms with E-state index in [1.165, 1.54) is 64.5 Å². The lowest BCUT2D eigenvalue weighted by Crippen LogP contribution is -2.58. The zero-order valence-electron chi connectivity index (χ0n) is 13.7. The number of rotatable bonds is 4. The molecule has 1 N–H and O–H groups in total. The molecule has 1 saturated heterocycles. The number of pyridine rings is 1. The number of piperidine rings is 1. The molecule has 1 aromatic heterocycles. The maximum absolute atomic E-state index is 12.5. The van der Waals surface area contributed by atoms with Gasteiger partial charge in [-0.25, -0.2) is 4.98 Å². The van der Waals surface area contributed by atoms with E-state index in [0.29, 0.717) is 5.56 Å². The van der Waals surface area contributed by atoms with E-state index in [0.717, 1.165) is 6.54 Å². The van der Waals surface area contributed by atoms with Crippen LogP contribution in [0.2, 0.25) is 5.15 Å². The Balaban J connectivity index is 1.69. The molecule has 4 nitrogen and oxygen atoms in total. The third kappa shape index (κ3) is 3.86. The number of hydrogen-bond acceptors (Lipinski definition) is 3. The summed E-state index contributed by atoms with van der Waals surface area (Å²) < 4.78 is 0. The highest BCUT2D eigenvalue weighted by molar-refractivity contribution is 6.32. The molecule has 23 heavy (non-hydrogen) atoms. The van der Waals surface area contributed by atoms with Crippen molar-refractivity contribution in [2.24, 2.45) is 0 Å². The third-order valence-electron chi connectivity index (χ3n) is 5.39. The summed E-state index contributed by atoms with van der Waals surface area (Å²) in [5.41, 5.74) is 0.613. The highest BCUT2D eigenvalue weighted by Gasteiger charge is 2.38. The van der Waals surface area contributed by atoms with E-state index in [1.54, 1.807) is 18.3 Å². The number of nitrogens with zero attached hydrogens (tertiary/aromatic N) is 2. The Bertz CT molecular complexity index is 537. The maximum atomic E-state index is 12.5. The van der Waals surface area contributed by atoms with Crippen LogP contribution in [0.4, 0.5) is 0 Å². The van der Waals surface area contributed by atoms with Gasteiger partial charge in [-0.15, -0.1) is 0 Å². The topological polar surface area (TPSA) is 45.2 Å². The molecule has 2 fully saturated rings. The van der Waals surface area contributed by atoms with Gasteiger partial charge in [0.15, 0.2) is 0 Å². The van der Waals surface area contributed by atoms with Gasteiger partial charge in [0.25, 0.3) is 5.91 Å². The Labute approximate surface area is 143 Å². The molecule has 126 valence electrons. The van der Waals surface area contributed by atoms with Crippen molar-refractivity contribution in [2.45, 2.75) is 56.9 Å². The summed E-state index contributed by atoms with van der Waals surface area (Å²) in [6.07, 6.45) is 11.7. The molecule has 0 aromatic carbocycles. The molecule has 5 heteroatoms. The summed E-state index contributed by atoms with van der Waals surface area (Å²) in [5.74, 6) is -0.106. The number of amides is 1. The van der Waals surface area contributed by atoms with Crippen LogP contribution in [0.15, 0.2) is 18.3 Å². The van der Waals surface area contributed by atoms with Crippen LogP contribution in [0.1, 0.15) is 61.7 Å². The van der Waals surface area contributed by atoms with E-state index in [9.17, 15) is 4.79 Å². The van der Waals surface area contributed by atoms with E-state index >= 15 is 0 Å². The van der Waals surface area contributed by atoms with Gasteiger partial charge in [-0.1, -0.05) is 37.3 Å². The van der Waals surface area contributed by atoms with Gasteiger partial charge in [0.2, 0.25) is 0 Å². The summed E-state index contributed by atoms with van der Waals surface area (Å²) in [6, 6.07) is 3.49. The summed E-state index contributed by atoms with van der Waals surface area (Å²) in [5, 5.41) is 3.42. The van der Waals surface area contributed by atoms with Gasteiger partial charge in [0, 0.05) is 18.3 Å². The fraction of sp³-hybridized carbons (Fsp3) is 0.667. The van der Waals surface area contributed by atoms with E-state index in [2.05, 4.69) is 15.2 Å². The Morgan fingerprint density at radius 3 is 2.57 bits per heavy atom. The van der Waals surface area contributed by atoms with Crippen molar-refractivity contribution in [3.05, 3.63) is 29.0 Å². The molecule has 1 saturated carbocycles. The van der Waals surface area contributed by atoms with E-state index < -0.39 is 0 Å². The Hall–Kier alpha value is -1.13. The van der Waals surface area contributed by atoms with Crippen molar-refractivity contribution in [1.82, 2.24) is 15.2 Å². The molecule has 3 rings (SSSR count). The van der Waals surface area contributed by atoms with E-state index in [-0.39, 0.29) is 16.6 Å². The smallest absolute Gasteiger partial charge is 0.254 e. The number of carbonyl (C=O) groups is 1. The van der Waals surface area contributed by atoms with Crippen molar-refractivity contribution >= 4 is 17.5 Å². The molecule has 0 radical (unpaired) electrons. The Morgan fingerprint density at radius 1 is 1.17 bits per heavy atom. The van der Waals surface area contributed by atoms with Gasteiger partial charge in [-0.3, -0.25) is 9.69 Å². The number of carbonyl (C=O) groups excluding carboxylic acids is 1. The Morgan fingerprint density at radius 2 is 1.87 bits per heavy atom. The average Bonchev–Trinajstić information content (AvgIpc) is 2.62. The molecule has 0 spiro atoms. The molecule has 2 heterocycles. The lowest BCUT2D eigenvalue weighted by molar-refractivity contribution is 0.0326. The molecular weight excluding hydrogens is 310 g/mol. The summed E-state index contributed by atoms with van der Waals surface area (Å²) >= 11 is 6.04. The van der Waals surface area contributed by atoms with Gasteiger partial charge < -0.3 is 5.32 Å². The number of likely N-dealkylation sites (tertiary alicyclic amines) is 1. The molecule has 1 amide bonds. The first-order chi connectivity index (χ1) is 11.2.